The zero-order valence-corrected chi connectivity index (χ0v) is 18.5. The number of benzene rings is 1. The van der Waals surface area contributed by atoms with Crippen LogP contribution in [0.1, 0.15) is 56.1 Å². The number of sulfonamides is 1. The number of nitrogens with zero attached hydrogens (tertiary/aromatic N) is 2. The molecule has 2 aliphatic heterocycles. The minimum atomic E-state index is -3.46. The van der Waals surface area contributed by atoms with Crippen molar-refractivity contribution in [1.82, 2.24) is 14.9 Å². The third kappa shape index (κ3) is 4.23. The van der Waals surface area contributed by atoms with Gasteiger partial charge in [0.1, 0.15) is 5.84 Å². The summed E-state index contributed by atoms with van der Waals surface area (Å²) in [6.45, 7) is 6.67. The summed E-state index contributed by atoms with van der Waals surface area (Å²) in [6, 6.07) is 5.94. The monoisotopic (exact) mass is 418 g/mol. The Morgan fingerprint density at radius 1 is 1.10 bits per heavy atom. The Hall–Kier alpha value is -1.44. The predicted octanol–water partition coefficient (Wildman–Crippen LogP) is 2.75. The van der Waals surface area contributed by atoms with Crippen LogP contribution in [0.2, 0.25) is 0 Å². The van der Waals surface area contributed by atoms with Gasteiger partial charge in [-0.1, -0.05) is 25.3 Å². The van der Waals surface area contributed by atoms with E-state index in [2.05, 4.69) is 10.6 Å². The van der Waals surface area contributed by atoms with Crippen LogP contribution >= 0.6 is 0 Å². The first-order chi connectivity index (χ1) is 13.9. The van der Waals surface area contributed by atoms with Crippen LogP contribution < -0.4 is 10.6 Å². The van der Waals surface area contributed by atoms with Gasteiger partial charge in [-0.25, -0.2) is 8.42 Å². The maximum Gasteiger partial charge on any atom is 0.243 e. The molecule has 1 aliphatic carbocycles. The number of aryl methyl sites for hydroxylation is 2. The van der Waals surface area contributed by atoms with Crippen molar-refractivity contribution in [3.63, 3.8) is 0 Å². The number of amidine groups is 1. The summed E-state index contributed by atoms with van der Waals surface area (Å²) >= 11 is 0. The summed E-state index contributed by atoms with van der Waals surface area (Å²) in [4.78, 5) is 5.25. The molecule has 0 unspecified atom stereocenters. The average Bonchev–Trinajstić information content (AvgIpc) is 2.73. The molecule has 0 atom stereocenters. The summed E-state index contributed by atoms with van der Waals surface area (Å²) in [5.74, 6) is 1.07. The number of nitrogens with one attached hydrogen (secondary N) is 2. The van der Waals surface area contributed by atoms with Crippen molar-refractivity contribution in [3.8, 4) is 0 Å². The largest absolute Gasteiger partial charge is 0.370 e. The van der Waals surface area contributed by atoms with Crippen molar-refractivity contribution in [3.05, 3.63) is 29.3 Å². The average molecular weight is 419 g/mol. The Bertz CT molecular complexity index is 867. The van der Waals surface area contributed by atoms with Crippen LogP contribution in [0.3, 0.4) is 0 Å². The summed E-state index contributed by atoms with van der Waals surface area (Å²) in [7, 11) is -3.46. The van der Waals surface area contributed by atoms with E-state index < -0.39 is 10.0 Å². The minimum Gasteiger partial charge on any atom is -0.370 e. The second-order valence-electron chi connectivity index (χ2n) is 8.87. The third-order valence-electron chi connectivity index (χ3n) is 6.94. The SMILES string of the molecule is Cc1ccc(S(=O)(=O)N2CCC3(CC2)NCCN=C3NC2CCCCC2)cc1C. The normalized spacial score (nSPS) is 23.7. The molecule has 3 aliphatic rings. The van der Waals surface area contributed by atoms with Crippen molar-refractivity contribution in [2.24, 2.45) is 4.99 Å². The molecule has 1 spiro atoms. The molecule has 7 heteroatoms. The number of rotatable bonds is 3. The lowest BCUT2D eigenvalue weighted by atomic mass is 9.84. The molecule has 0 radical (unpaired) electrons. The molecule has 6 nitrogen and oxygen atoms in total. The fourth-order valence-electron chi connectivity index (χ4n) is 4.87. The van der Waals surface area contributed by atoms with E-state index in [1.165, 1.54) is 32.1 Å². The molecule has 160 valence electrons. The molecule has 2 fully saturated rings. The van der Waals surface area contributed by atoms with E-state index in [0.29, 0.717) is 24.0 Å². The molecule has 0 aromatic heterocycles. The van der Waals surface area contributed by atoms with Gasteiger partial charge in [0, 0.05) is 25.7 Å². The molecular weight excluding hydrogens is 384 g/mol. The van der Waals surface area contributed by atoms with Gasteiger partial charge >= 0.3 is 0 Å². The zero-order chi connectivity index (χ0) is 20.5. The quantitative estimate of drug-likeness (QED) is 0.792. The van der Waals surface area contributed by atoms with Crippen molar-refractivity contribution in [1.29, 1.82) is 0 Å². The van der Waals surface area contributed by atoms with Gasteiger partial charge in [-0.2, -0.15) is 4.31 Å². The Kier molecular flexibility index (Phi) is 6.00. The van der Waals surface area contributed by atoms with Crippen LogP contribution in [0, 0.1) is 13.8 Å². The van der Waals surface area contributed by atoms with E-state index in [-0.39, 0.29) is 5.54 Å². The first-order valence-electron chi connectivity index (χ1n) is 11.0. The molecule has 2 heterocycles. The third-order valence-corrected chi connectivity index (χ3v) is 8.83. The van der Waals surface area contributed by atoms with Crippen LogP contribution in [0.15, 0.2) is 28.1 Å². The van der Waals surface area contributed by atoms with Crippen molar-refractivity contribution in [2.75, 3.05) is 26.2 Å². The number of piperidine rings is 1. The van der Waals surface area contributed by atoms with Gasteiger partial charge in [-0.15, -0.1) is 0 Å². The Labute approximate surface area is 175 Å². The van der Waals surface area contributed by atoms with Gasteiger partial charge < -0.3 is 10.6 Å². The van der Waals surface area contributed by atoms with Gasteiger partial charge in [0.25, 0.3) is 0 Å². The van der Waals surface area contributed by atoms with Gasteiger partial charge in [0.05, 0.1) is 17.0 Å². The van der Waals surface area contributed by atoms with Crippen LogP contribution in [0.25, 0.3) is 0 Å². The first kappa shape index (κ1) is 20.8. The van der Waals surface area contributed by atoms with E-state index in [1.807, 2.05) is 19.9 Å². The molecule has 0 amide bonds. The Balaban J connectivity index is 1.47. The number of hydrogen-bond acceptors (Lipinski definition) is 5. The second-order valence-corrected chi connectivity index (χ2v) is 10.8. The van der Waals surface area contributed by atoms with Crippen molar-refractivity contribution < 1.29 is 8.42 Å². The molecular formula is C22H34N4O2S. The van der Waals surface area contributed by atoms with Crippen molar-refractivity contribution >= 4 is 15.9 Å². The molecule has 2 N–H and O–H groups in total. The first-order valence-corrected chi connectivity index (χ1v) is 12.5. The summed E-state index contributed by atoms with van der Waals surface area (Å²) in [5.41, 5.74) is 1.92. The number of aliphatic imine (C=N–C) groups is 1. The molecule has 1 saturated heterocycles. The smallest absolute Gasteiger partial charge is 0.243 e. The molecule has 29 heavy (non-hydrogen) atoms. The van der Waals surface area contributed by atoms with Gasteiger partial charge in [-0.3, -0.25) is 4.99 Å². The van der Waals surface area contributed by atoms with E-state index in [9.17, 15) is 8.42 Å². The summed E-state index contributed by atoms with van der Waals surface area (Å²) in [6.07, 6.45) is 7.84. The van der Waals surface area contributed by atoms with Crippen molar-refractivity contribution in [2.45, 2.75) is 75.3 Å². The standard InChI is InChI=1S/C22H34N4O2S/c1-17-8-9-20(16-18(17)2)29(27,28)26-14-10-22(11-15-26)21(23-12-13-24-22)25-19-6-4-3-5-7-19/h8-9,16,19,24H,3-7,10-15H2,1-2H3,(H,23,25). The lowest BCUT2D eigenvalue weighted by Crippen LogP contribution is -2.65. The van der Waals surface area contributed by atoms with Gasteiger partial charge in [0.15, 0.2) is 0 Å². The highest BCUT2D eigenvalue weighted by Crippen LogP contribution is 2.30. The minimum absolute atomic E-state index is 0.203. The second kappa shape index (κ2) is 8.36. The maximum absolute atomic E-state index is 13.2. The highest BCUT2D eigenvalue weighted by Gasteiger charge is 2.43. The summed E-state index contributed by atoms with van der Waals surface area (Å²) in [5, 5.41) is 7.42. The van der Waals surface area contributed by atoms with Gasteiger partial charge in [0.2, 0.25) is 10.0 Å². The highest BCUT2D eigenvalue weighted by molar-refractivity contribution is 7.89. The molecule has 1 aromatic rings. The highest BCUT2D eigenvalue weighted by atomic mass is 32.2. The van der Waals surface area contributed by atoms with Gasteiger partial charge in [-0.05, 0) is 62.8 Å². The Morgan fingerprint density at radius 3 is 2.52 bits per heavy atom. The van der Waals surface area contributed by atoms with Crippen LogP contribution in [-0.4, -0.2) is 56.3 Å². The fourth-order valence-corrected chi connectivity index (χ4v) is 6.39. The van der Waals surface area contributed by atoms with E-state index in [4.69, 9.17) is 4.99 Å². The van der Waals surface area contributed by atoms with E-state index >= 15 is 0 Å². The summed E-state index contributed by atoms with van der Waals surface area (Å²) < 4.78 is 28.0. The predicted molar refractivity (Wildman–Crippen MR) is 117 cm³/mol. The molecule has 1 aromatic carbocycles. The lowest BCUT2D eigenvalue weighted by molar-refractivity contribution is 0.238. The van der Waals surface area contributed by atoms with Crippen LogP contribution in [0.5, 0.6) is 0 Å². The van der Waals surface area contributed by atoms with E-state index in [0.717, 1.165) is 42.9 Å². The van der Waals surface area contributed by atoms with E-state index in [1.54, 1.807) is 16.4 Å². The molecule has 1 saturated carbocycles. The topological polar surface area (TPSA) is 73.8 Å². The lowest BCUT2D eigenvalue weighted by Gasteiger charge is -2.45. The van der Waals surface area contributed by atoms with Crippen LogP contribution in [0.4, 0.5) is 0 Å². The molecule has 0 bridgehead atoms. The fraction of sp³-hybridized carbons (Fsp3) is 0.682. The maximum atomic E-state index is 13.2. The Morgan fingerprint density at radius 2 is 1.83 bits per heavy atom. The number of hydrogen-bond donors (Lipinski definition) is 2. The zero-order valence-electron chi connectivity index (χ0n) is 17.7. The van der Waals surface area contributed by atoms with Crippen LogP contribution in [-0.2, 0) is 10.0 Å². The molecule has 4 rings (SSSR count).